The molecule has 0 unspecified atom stereocenters. The van der Waals surface area contributed by atoms with Gasteiger partial charge in [0.25, 0.3) is 5.91 Å². The quantitative estimate of drug-likeness (QED) is 0.511. The van der Waals surface area contributed by atoms with E-state index in [0.29, 0.717) is 49.1 Å². The summed E-state index contributed by atoms with van der Waals surface area (Å²) in [5.41, 5.74) is -2.35. The van der Waals surface area contributed by atoms with Crippen molar-refractivity contribution in [3.8, 4) is 0 Å². The number of halogens is 5. The second kappa shape index (κ2) is 8.69. The van der Waals surface area contributed by atoms with Crippen molar-refractivity contribution in [1.82, 2.24) is 14.8 Å². The molecule has 1 atom stereocenters. The highest BCUT2D eigenvalue weighted by Gasteiger charge is 2.44. The van der Waals surface area contributed by atoms with Gasteiger partial charge in [-0.15, -0.1) is 0 Å². The molecule has 2 bridgehead atoms. The average Bonchev–Trinajstić information content (AvgIpc) is 3.20. The summed E-state index contributed by atoms with van der Waals surface area (Å²) in [5.74, 6) is -4.50. The van der Waals surface area contributed by atoms with Crippen molar-refractivity contribution in [2.75, 3.05) is 26.2 Å². The average molecular weight is 505 g/mol. The smallest absolute Gasteiger partial charge is 0.353 e. The number of hydrogen-bond donors (Lipinski definition) is 1. The van der Waals surface area contributed by atoms with Crippen LogP contribution in [0.1, 0.15) is 46.1 Å². The van der Waals surface area contributed by atoms with Crippen LogP contribution in [0.15, 0.2) is 42.5 Å². The summed E-state index contributed by atoms with van der Waals surface area (Å²) in [6.07, 6.45) is -4.50. The molecule has 2 aliphatic rings. The Labute approximate surface area is 203 Å². The first-order chi connectivity index (χ1) is 16.9. The topological polar surface area (TPSA) is 56.4 Å². The number of amides is 1. The SMILES string of the molecule is CC(=O)CCN1CCN2C(=O)c3cc(C(F)(F)F)cc(c3)C(F)(F)c3[nH]c4ccccc4c3C[C@@H]2C1. The van der Waals surface area contributed by atoms with Crippen LogP contribution in [0.4, 0.5) is 22.0 Å². The number of para-hydroxylation sites is 1. The Bertz CT molecular complexity index is 1350. The lowest BCUT2D eigenvalue weighted by atomic mass is 9.91. The number of fused-ring (bicyclic) bond motifs is 6. The largest absolute Gasteiger partial charge is 0.416 e. The standard InChI is InChI=1S/C26H24F5N3O2/c1-15(35)6-7-33-8-9-34-19(14-33)13-21-20-4-2-3-5-22(20)32-23(21)25(27,28)17-10-16(24(34)36)11-18(12-17)26(29,30)31/h2-5,10-12,19,32H,6-9,13-14H2,1H3/t19-/m1/s1. The Morgan fingerprint density at radius 2 is 1.89 bits per heavy atom. The summed E-state index contributed by atoms with van der Waals surface area (Å²) in [4.78, 5) is 31.2. The predicted molar refractivity (Wildman–Crippen MR) is 123 cm³/mol. The molecule has 36 heavy (non-hydrogen) atoms. The number of piperazine rings is 1. The van der Waals surface area contributed by atoms with Crippen LogP contribution in [0, 0.1) is 0 Å². The number of carbonyl (C=O) groups is 2. The van der Waals surface area contributed by atoms with E-state index in [2.05, 4.69) is 4.98 Å². The first-order valence-corrected chi connectivity index (χ1v) is 11.7. The molecular formula is C26H24F5N3O2. The third-order valence-electron chi connectivity index (χ3n) is 7.05. The molecule has 190 valence electrons. The van der Waals surface area contributed by atoms with Gasteiger partial charge < -0.3 is 9.88 Å². The van der Waals surface area contributed by atoms with Crippen molar-refractivity contribution in [3.05, 3.63) is 70.4 Å². The first-order valence-electron chi connectivity index (χ1n) is 11.7. The van der Waals surface area contributed by atoms with Crippen molar-refractivity contribution >= 4 is 22.6 Å². The second-order valence-corrected chi connectivity index (χ2v) is 9.50. The number of aromatic nitrogens is 1. The van der Waals surface area contributed by atoms with Crippen LogP contribution in [0.5, 0.6) is 0 Å². The van der Waals surface area contributed by atoms with Crippen molar-refractivity contribution in [2.24, 2.45) is 0 Å². The number of hydrogen-bond acceptors (Lipinski definition) is 3. The van der Waals surface area contributed by atoms with E-state index in [0.717, 1.165) is 6.07 Å². The predicted octanol–water partition coefficient (Wildman–Crippen LogP) is 4.99. The molecule has 5 nitrogen and oxygen atoms in total. The fourth-order valence-corrected chi connectivity index (χ4v) is 5.20. The molecule has 1 fully saturated rings. The van der Waals surface area contributed by atoms with E-state index in [1.165, 1.54) is 11.8 Å². The van der Waals surface area contributed by atoms with Crippen LogP contribution < -0.4 is 0 Å². The third-order valence-corrected chi connectivity index (χ3v) is 7.05. The molecule has 1 N–H and O–H groups in total. The van der Waals surface area contributed by atoms with E-state index in [9.17, 15) is 22.8 Å². The Hall–Kier alpha value is -3.27. The number of aromatic amines is 1. The lowest BCUT2D eigenvalue weighted by molar-refractivity contribution is -0.137. The zero-order valence-electron chi connectivity index (χ0n) is 19.5. The van der Waals surface area contributed by atoms with Crippen LogP contribution in [0.25, 0.3) is 10.9 Å². The molecule has 0 spiro atoms. The number of nitrogens with zero attached hydrogens (tertiary/aromatic N) is 2. The van der Waals surface area contributed by atoms with Crippen molar-refractivity contribution in [2.45, 2.75) is 37.9 Å². The number of H-pyrrole nitrogens is 1. The summed E-state index contributed by atoms with van der Waals surface area (Å²) >= 11 is 0. The molecular weight excluding hydrogens is 481 g/mol. The van der Waals surface area contributed by atoms with Crippen LogP contribution in [-0.4, -0.2) is 58.7 Å². The fourth-order valence-electron chi connectivity index (χ4n) is 5.20. The van der Waals surface area contributed by atoms with Crippen molar-refractivity contribution in [3.63, 3.8) is 0 Å². The monoisotopic (exact) mass is 505 g/mol. The van der Waals surface area contributed by atoms with Gasteiger partial charge in [-0.25, -0.2) is 0 Å². The molecule has 0 saturated carbocycles. The fraction of sp³-hybridized carbons (Fsp3) is 0.385. The lowest BCUT2D eigenvalue weighted by Crippen LogP contribution is -2.56. The Balaban J connectivity index is 1.70. The highest BCUT2D eigenvalue weighted by molar-refractivity contribution is 5.95. The van der Waals surface area contributed by atoms with Crippen LogP contribution in [-0.2, 0) is 23.3 Å². The number of rotatable bonds is 3. The summed E-state index contributed by atoms with van der Waals surface area (Å²) < 4.78 is 73.0. The number of benzene rings is 2. The zero-order chi connectivity index (χ0) is 25.8. The van der Waals surface area contributed by atoms with E-state index in [4.69, 9.17) is 0 Å². The van der Waals surface area contributed by atoms with Crippen LogP contribution in [0.2, 0.25) is 0 Å². The van der Waals surface area contributed by atoms with Gasteiger partial charge in [0.05, 0.1) is 11.3 Å². The number of nitrogens with one attached hydrogen (secondary N) is 1. The normalized spacial score (nSPS) is 20.2. The highest BCUT2D eigenvalue weighted by Crippen LogP contribution is 2.43. The molecule has 3 aromatic rings. The number of alkyl halides is 5. The summed E-state index contributed by atoms with van der Waals surface area (Å²) in [6, 6.07) is 8.09. The summed E-state index contributed by atoms with van der Waals surface area (Å²) in [6.45, 7) is 2.89. The molecule has 2 aromatic carbocycles. The minimum absolute atomic E-state index is 0.00881. The molecule has 3 heterocycles. The van der Waals surface area contributed by atoms with Gasteiger partial charge in [0.1, 0.15) is 5.78 Å². The maximum absolute atomic E-state index is 15.9. The lowest BCUT2D eigenvalue weighted by Gasteiger charge is -2.42. The maximum atomic E-state index is 15.9. The van der Waals surface area contributed by atoms with Gasteiger partial charge in [0, 0.05) is 60.7 Å². The van der Waals surface area contributed by atoms with Gasteiger partial charge in [0.15, 0.2) is 0 Å². The van der Waals surface area contributed by atoms with E-state index in [1.807, 2.05) is 4.90 Å². The van der Waals surface area contributed by atoms with Gasteiger partial charge in [-0.2, -0.15) is 22.0 Å². The molecule has 0 aliphatic carbocycles. The van der Waals surface area contributed by atoms with E-state index in [1.54, 1.807) is 24.3 Å². The molecule has 1 amide bonds. The van der Waals surface area contributed by atoms with Gasteiger partial charge in [0.2, 0.25) is 0 Å². The number of carbonyl (C=O) groups excluding carboxylic acids is 2. The Kier molecular flexibility index (Phi) is 5.89. The van der Waals surface area contributed by atoms with E-state index >= 15 is 8.78 Å². The van der Waals surface area contributed by atoms with Crippen molar-refractivity contribution in [1.29, 1.82) is 0 Å². The Morgan fingerprint density at radius 1 is 1.14 bits per heavy atom. The summed E-state index contributed by atoms with van der Waals surface area (Å²) in [7, 11) is 0. The molecule has 1 saturated heterocycles. The van der Waals surface area contributed by atoms with Crippen LogP contribution in [0.3, 0.4) is 0 Å². The summed E-state index contributed by atoms with van der Waals surface area (Å²) in [5, 5.41) is 0.535. The molecule has 1 aromatic heterocycles. The maximum Gasteiger partial charge on any atom is 0.416 e. The molecule has 0 radical (unpaired) electrons. The second-order valence-electron chi connectivity index (χ2n) is 9.50. The van der Waals surface area contributed by atoms with Gasteiger partial charge >= 0.3 is 12.1 Å². The van der Waals surface area contributed by atoms with Crippen molar-refractivity contribution < 1.29 is 31.5 Å². The Morgan fingerprint density at radius 3 is 2.61 bits per heavy atom. The third kappa shape index (κ3) is 4.27. The first kappa shape index (κ1) is 24.4. The number of Topliss-reactive ketones (excluding diaryl/α,β-unsaturated/α-hetero) is 1. The number of ketones is 1. The van der Waals surface area contributed by atoms with E-state index in [-0.39, 0.29) is 24.3 Å². The highest BCUT2D eigenvalue weighted by atomic mass is 19.4. The van der Waals surface area contributed by atoms with Crippen LogP contribution >= 0.6 is 0 Å². The minimum atomic E-state index is -4.90. The zero-order valence-corrected chi connectivity index (χ0v) is 19.5. The van der Waals surface area contributed by atoms with Gasteiger partial charge in [-0.1, -0.05) is 18.2 Å². The molecule has 10 heteroatoms. The molecule has 5 rings (SSSR count). The van der Waals surface area contributed by atoms with Gasteiger partial charge in [-0.05, 0) is 43.2 Å². The van der Waals surface area contributed by atoms with Gasteiger partial charge in [-0.3, -0.25) is 14.5 Å². The van der Waals surface area contributed by atoms with E-state index < -0.39 is 46.4 Å². The minimum Gasteiger partial charge on any atom is -0.353 e. The molecule has 2 aliphatic heterocycles.